The van der Waals surface area contributed by atoms with Crippen molar-refractivity contribution in [3.05, 3.63) is 35.4 Å². The summed E-state index contributed by atoms with van der Waals surface area (Å²) in [5, 5.41) is 6.13. The average Bonchev–Trinajstić information content (AvgIpc) is 2.78. The van der Waals surface area contributed by atoms with Gasteiger partial charge in [0, 0.05) is 12.6 Å². The highest BCUT2D eigenvalue weighted by atomic mass is 16.2. The van der Waals surface area contributed by atoms with Gasteiger partial charge in [0.1, 0.15) is 0 Å². The number of hydrogen-bond acceptors (Lipinski definition) is 2. The Kier molecular flexibility index (Phi) is 12.2. The average molecular weight is 415 g/mol. The van der Waals surface area contributed by atoms with Crippen molar-refractivity contribution in [3.8, 4) is 0 Å². The molecule has 1 aromatic rings. The maximum Gasteiger partial charge on any atom is 0.252 e. The summed E-state index contributed by atoms with van der Waals surface area (Å²) in [7, 11) is 0. The third-order valence-electron chi connectivity index (χ3n) is 6.17. The zero-order valence-corrected chi connectivity index (χ0v) is 19.0. The van der Waals surface area contributed by atoms with E-state index in [0.717, 1.165) is 25.7 Å². The molecule has 1 aromatic carbocycles. The molecule has 4 heteroatoms. The van der Waals surface area contributed by atoms with Crippen LogP contribution in [0.2, 0.25) is 0 Å². The third kappa shape index (κ3) is 9.32. The molecule has 30 heavy (non-hydrogen) atoms. The first-order chi connectivity index (χ1) is 14.7. The van der Waals surface area contributed by atoms with E-state index in [1.165, 1.54) is 70.6 Å². The van der Waals surface area contributed by atoms with Gasteiger partial charge in [-0.05, 0) is 31.4 Å². The molecule has 1 fully saturated rings. The van der Waals surface area contributed by atoms with Gasteiger partial charge in [0.25, 0.3) is 11.8 Å². The van der Waals surface area contributed by atoms with Gasteiger partial charge in [-0.3, -0.25) is 9.59 Å². The number of rotatable bonds is 14. The van der Waals surface area contributed by atoms with Crippen LogP contribution in [0.15, 0.2) is 24.3 Å². The summed E-state index contributed by atoms with van der Waals surface area (Å²) in [6.07, 6.45) is 18.5. The molecule has 1 aliphatic carbocycles. The van der Waals surface area contributed by atoms with Crippen molar-refractivity contribution in [2.45, 2.75) is 109 Å². The highest BCUT2D eigenvalue weighted by molar-refractivity contribution is 6.07. The van der Waals surface area contributed by atoms with Crippen LogP contribution >= 0.6 is 0 Å². The SMILES string of the molecule is CCCCCCCCCCCCNC(=O)c1ccccc1C(=O)NC1CCCCC1. The molecule has 4 nitrogen and oxygen atoms in total. The fraction of sp³-hybridized carbons (Fsp3) is 0.692. The van der Waals surface area contributed by atoms with Gasteiger partial charge in [-0.15, -0.1) is 0 Å². The maximum atomic E-state index is 12.7. The van der Waals surface area contributed by atoms with E-state index in [0.29, 0.717) is 17.7 Å². The van der Waals surface area contributed by atoms with Crippen LogP contribution in [-0.4, -0.2) is 24.4 Å². The van der Waals surface area contributed by atoms with Gasteiger partial charge in [0.05, 0.1) is 11.1 Å². The van der Waals surface area contributed by atoms with Crippen LogP contribution in [0.3, 0.4) is 0 Å². The molecule has 0 heterocycles. The molecule has 0 spiro atoms. The molecule has 0 aliphatic heterocycles. The number of benzene rings is 1. The highest BCUT2D eigenvalue weighted by Gasteiger charge is 2.20. The molecule has 1 aliphatic rings. The van der Waals surface area contributed by atoms with E-state index >= 15 is 0 Å². The van der Waals surface area contributed by atoms with E-state index in [2.05, 4.69) is 17.6 Å². The molecular weight excluding hydrogens is 372 g/mol. The van der Waals surface area contributed by atoms with Crippen molar-refractivity contribution in [2.24, 2.45) is 0 Å². The first-order valence-corrected chi connectivity index (χ1v) is 12.4. The molecule has 2 amide bonds. The Hall–Kier alpha value is -1.84. The monoisotopic (exact) mass is 414 g/mol. The van der Waals surface area contributed by atoms with Crippen LogP contribution in [-0.2, 0) is 0 Å². The van der Waals surface area contributed by atoms with Crippen molar-refractivity contribution in [2.75, 3.05) is 6.54 Å². The molecule has 0 bridgehead atoms. The fourth-order valence-corrected chi connectivity index (χ4v) is 4.30. The highest BCUT2D eigenvalue weighted by Crippen LogP contribution is 2.18. The number of carbonyl (C=O) groups excluding carboxylic acids is 2. The molecule has 2 N–H and O–H groups in total. The summed E-state index contributed by atoms with van der Waals surface area (Å²) in [6, 6.07) is 7.41. The standard InChI is InChI=1S/C26H42N2O2/c1-2-3-4-5-6-7-8-9-10-16-21-27-25(29)23-19-14-15-20-24(23)26(30)28-22-17-12-11-13-18-22/h14-15,19-20,22H,2-13,16-18,21H2,1H3,(H,27,29)(H,28,30). The minimum atomic E-state index is -0.139. The zero-order valence-electron chi connectivity index (χ0n) is 19.0. The summed E-state index contributed by atoms with van der Waals surface area (Å²) < 4.78 is 0. The number of unbranched alkanes of at least 4 members (excludes halogenated alkanes) is 9. The van der Waals surface area contributed by atoms with Gasteiger partial charge in [-0.1, -0.05) is 96.1 Å². The van der Waals surface area contributed by atoms with Gasteiger partial charge in [-0.2, -0.15) is 0 Å². The molecule has 0 unspecified atom stereocenters. The lowest BCUT2D eigenvalue weighted by Crippen LogP contribution is -2.37. The van der Waals surface area contributed by atoms with Gasteiger partial charge in [0.2, 0.25) is 0 Å². The van der Waals surface area contributed by atoms with Crippen LogP contribution in [0, 0.1) is 0 Å². The number of nitrogens with one attached hydrogen (secondary N) is 2. The Bertz CT molecular complexity index is 623. The van der Waals surface area contributed by atoms with E-state index in [1.807, 2.05) is 12.1 Å². The normalized spacial score (nSPS) is 14.4. The summed E-state index contributed by atoms with van der Waals surface area (Å²) in [5.74, 6) is -0.257. The van der Waals surface area contributed by atoms with Gasteiger partial charge >= 0.3 is 0 Å². The lowest BCUT2D eigenvalue weighted by molar-refractivity contribution is 0.0903. The molecule has 168 valence electrons. The molecule has 0 saturated heterocycles. The van der Waals surface area contributed by atoms with Crippen LogP contribution < -0.4 is 10.6 Å². The van der Waals surface area contributed by atoms with Crippen LogP contribution in [0.1, 0.15) is 124 Å². The first kappa shape index (κ1) is 24.4. The maximum absolute atomic E-state index is 12.7. The van der Waals surface area contributed by atoms with E-state index in [-0.39, 0.29) is 17.9 Å². The third-order valence-corrected chi connectivity index (χ3v) is 6.17. The number of amides is 2. The summed E-state index contributed by atoms with van der Waals surface area (Å²) in [4.78, 5) is 25.3. The lowest BCUT2D eigenvalue weighted by atomic mass is 9.95. The number of carbonyl (C=O) groups is 2. The molecule has 0 aromatic heterocycles. The molecule has 0 radical (unpaired) electrons. The van der Waals surface area contributed by atoms with Crippen LogP contribution in [0.4, 0.5) is 0 Å². The topological polar surface area (TPSA) is 58.2 Å². The molecule has 0 atom stereocenters. The van der Waals surface area contributed by atoms with E-state index < -0.39 is 0 Å². The van der Waals surface area contributed by atoms with Crippen molar-refractivity contribution < 1.29 is 9.59 Å². The Morgan fingerprint density at radius 3 is 1.90 bits per heavy atom. The van der Waals surface area contributed by atoms with Crippen LogP contribution in [0.5, 0.6) is 0 Å². The number of hydrogen-bond donors (Lipinski definition) is 2. The smallest absolute Gasteiger partial charge is 0.252 e. The quantitative estimate of drug-likeness (QED) is 0.346. The predicted molar refractivity (Wildman–Crippen MR) is 125 cm³/mol. The van der Waals surface area contributed by atoms with Crippen molar-refractivity contribution in [1.82, 2.24) is 10.6 Å². The Morgan fingerprint density at radius 2 is 1.30 bits per heavy atom. The molecule has 2 rings (SSSR count). The van der Waals surface area contributed by atoms with E-state index in [1.54, 1.807) is 12.1 Å². The van der Waals surface area contributed by atoms with Crippen molar-refractivity contribution in [3.63, 3.8) is 0 Å². The van der Waals surface area contributed by atoms with Gasteiger partial charge < -0.3 is 10.6 Å². The Morgan fingerprint density at radius 1 is 0.767 bits per heavy atom. The van der Waals surface area contributed by atoms with E-state index in [4.69, 9.17) is 0 Å². The van der Waals surface area contributed by atoms with Gasteiger partial charge in [-0.25, -0.2) is 0 Å². The van der Waals surface area contributed by atoms with Crippen molar-refractivity contribution >= 4 is 11.8 Å². The predicted octanol–water partition coefficient (Wildman–Crippen LogP) is 6.40. The summed E-state index contributed by atoms with van der Waals surface area (Å²) in [6.45, 7) is 2.93. The van der Waals surface area contributed by atoms with Crippen molar-refractivity contribution in [1.29, 1.82) is 0 Å². The fourth-order valence-electron chi connectivity index (χ4n) is 4.30. The lowest BCUT2D eigenvalue weighted by Gasteiger charge is -2.23. The Labute approximate surface area is 183 Å². The minimum absolute atomic E-state index is 0.119. The largest absolute Gasteiger partial charge is 0.352 e. The molecule has 1 saturated carbocycles. The van der Waals surface area contributed by atoms with Gasteiger partial charge in [0.15, 0.2) is 0 Å². The molecular formula is C26H42N2O2. The second kappa shape index (κ2) is 15.0. The minimum Gasteiger partial charge on any atom is -0.352 e. The van der Waals surface area contributed by atoms with E-state index in [9.17, 15) is 9.59 Å². The van der Waals surface area contributed by atoms with Crippen LogP contribution in [0.25, 0.3) is 0 Å². The summed E-state index contributed by atoms with van der Waals surface area (Å²) in [5.41, 5.74) is 0.974. The zero-order chi connectivity index (χ0) is 21.4. The Balaban J connectivity index is 1.65. The first-order valence-electron chi connectivity index (χ1n) is 12.4. The second-order valence-electron chi connectivity index (χ2n) is 8.79. The summed E-state index contributed by atoms with van der Waals surface area (Å²) >= 11 is 0. The second-order valence-corrected chi connectivity index (χ2v) is 8.79.